The van der Waals surface area contributed by atoms with E-state index in [4.69, 9.17) is 0 Å². The zero-order valence-corrected chi connectivity index (χ0v) is 10.2. The van der Waals surface area contributed by atoms with Crippen molar-refractivity contribution in [3.8, 4) is 0 Å². The summed E-state index contributed by atoms with van der Waals surface area (Å²) in [6.07, 6.45) is 1.87. The minimum Gasteiger partial charge on any atom is -0.378 e. The molecule has 0 fully saturated rings. The second-order valence-electron chi connectivity index (χ2n) is 3.49. The predicted molar refractivity (Wildman–Crippen MR) is 64.0 cm³/mol. The van der Waals surface area contributed by atoms with Gasteiger partial charge in [0.2, 0.25) is 0 Å². The minimum atomic E-state index is 0.505. The van der Waals surface area contributed by atoms with Gasteiger partial charge in [0.1, 0.15) is 0 Å². The maximum Gasteiger partial charge on any atom is 0.0449 e. The number of pyridine rings is 1. The van der Waals surface area contributed by atoms with Crippen LogP contribution in [0.15, 0.2) is 18.3 Å². The Balaban J connectivity index is 0.000000791. The fraction of sp³-hybridized carbons (Fsp3) is 0.583. The number of hydrogen-bond acceptors (Lipinski definition) is 2. The number of rotatable bonds is 2. The summed E-state index contributed by atoms with van der Waals surface area (Å²) in [6, 6.07) is 4.15. The summed E-state index contributed by atoms with van der Waals surface area (Å²) < 4.78 is 0. The van der Waals surface area contributed by atoms with Crippen LogP contribution in [0.3, 0.4) is 0 Å². The molecule has 1 aromatic heterocycles. The van der Waals surface area contributed by atoms with Crippen LogP contribution >= 0.6 is 0 Å². The van der Waals surface area contributed by atoms with Gasteiger partial charge >= 0.3 is 0 Å². The summed E-state index contributed by atoms with van der Waals surface area (Å²) in [6.45, 7) is 8.31. The van der Waals surface area contributed by atoms with Crippen LogP contribution in [-0.4, -0.2) is 19.1 Å². The van der Waals surface area contributed by atoms with Crippen LogP contribution < -0.4 is 4.90 Å². The van der Waals surface area contributed by atoms with Crippen LogP contribution in [0.2, 0.25) is 0 Å². The Labute approximate surface area is 88.0 Å². The van der Waals surface area contributed by atoms with Crippen molar-refractivity contribution in [3.05, 3.63) is 24.0 Å². The van der Waals surface area contributed by atoms with E-state index in [1.807, 2.05) is 40.2 Å². The molecule has 0 aliphatic heterocycles. The Morgan fingerprint density at radius 2 is 1.79 bits per heavy atom. The largest absolute Gasteiger partial charge is 0.378 e. The van der Waals surface area contributed by atoms with Crippen molar-refractivity contribution in [1.29, 1.82) is 0 Å². The first-order chi connectivity index (χ1) is 6.61. The van der Waals surface area contributed by atoms with Gasteiger partial charge in [-0.05, 0) is 18.1 Å². The first kappa shape index (κ1) is 12.9. The molecule has 0 aromatic carbocycles. The van der Waals surface area contributed by atoms with Gasteiger partial charge in [-0.15, -0.1) is 0 Å². The molecule has 0 amide bonds. The lowest BCUT2D eigenvalue weighted by atomic mass is 10.1. The number of aromatic nitrogens is 1. The lowest BCUT2D eigenvalue weighted by molar-refractivity contribution is 0.821. The van der Waals surface area contributed by atoms with Crippen LogP contribution in [0.25, 0.3) is 0 Å². The molecule has 0 unspecified atom stereocenters. The Hall–Kier alpha value is -1.05. The van der Waals surface area contributed by atoms with Gasteiger partial charge in [-0.2, -0.15) is 0 Å². The second kappa shape index (κ2) is 6.41. The van der Waals surface area contributed by atoms with Crippen molar-refractivity contribution in [2.24, 2.45) is 0 Å². The van der Waals surface area contributed by atoms with Crippen molar-refractivity contribution >= 4 is 5.69 Å². The third-order valence-electron chi connectivity index (χ3n) is 1.87. The molecule has 0 saturated heterocycles. The number of hydrogen-bond donors (Lipinski definition) is 0. The van der Waals surface area contributed by atoms with Gasteiger partial charge in [-0.3, -0.25) is 4.98 Å². The van der Waals surface area contributed by atoms with Crippen LogP contribution in [-0.2, 0) is 0 Å². The van der Waals surface area contributed by atoms with E-state index in [2.05, 4.69) is 29.8 Å². The van der Waals surface area contributed by atoms with Gasteiger partial charge in [0.15, 0.2) is 0 Å². The Morgan fingerprint density at radius 3 is 2.21 bits per heavy atom. The summed E-state index contributed by atoms with van der Waals surface area (Å²) in [7, 11) is 4.08. The number of nitrogens with zero attached hydrogens (tertiary/aromatic N) is 2. The number of anilines is 1. The van der Waals surface area contributed by atoms with Crippen molar-refractivity contribution < 1.29 is 0 Å². The highest BCUT2D eigenvalue weighted by molar-refractivity contribution is 5.45. The van der Waals surface area contributed by atoms with E-state index in [1.54, 1.807) is 0 Å². The van der Waals surface area contributed by atoms with E-state index >= 15 is 0 Å². The van der Waals surface area contributed by atoms with E-state index in [0.717, 1.165) is 5.69 Å². The van der Waals surface area contributed by atoms with Gasteiger partial charge in [0.05, 0.1) is 0 Å². The molecule has 0 atom stereocenters. The van der Waals surface area contributed by atoms with Gasteiger partial charge in [-0.1, -0.05) is 27.7 Å². The second-order valence-corrected chi connectivity index (χ2v) is 3.49. The molecule has 0 saturated carbocycles. The van der Waals surface area contributed by atoms with E-state index in [-0.39, 0.29) is 0 Å². The third kappa shape index (κ3) is 3.77. The van der Waals surface area contributed by atoms with Crippen LogP contribution in [0.4, 0.5) is 5.69 Å². The first-order valence-electron chi connectivity index (χ1n) is 5.24. The van der Waals surface area contributed by atoms with Crippen LogP contribution in [0, 0.1) is 0 Å². The van der Waals surface area contributed by atoms with Gasteiger partial charge in [-0.25, -0.2) is 0 Å². The van der Waals surface area contributed by atoms with E-state index < -0.39 is 0 Å². The molecule has 1 heterocycles. The Bertz CT molecular complexity index is 231. The molecule has 14 heavy (non-hydrogen) atoms. The average molecular weight is 194 g/mol. The molecule has 0 bridgehead atoms. The maximum absolute atomic E-state index is 4.29. The fourth-order valence-corrected chi connectivity index (χ4v) is 1.03. The lowest BCUT2D eigenvalue weighted by Crippen LogP contribution is -2.09. The van der Waals surface area contributed by atoms with Crippen molar-refractivity contribution in [1.82, 2.24) is 4.98 Å². The molecular weight excluding hydrogens is 172 g/mol. The molecule has 0 radical (unpaired) electrons. The molecule has 80 valence electrons. The Morgan fingerprint density at radius 1 is 1.21 bits per heavy atom. The fourth-order valence-electron chi connectivity index (χ4n) is 1.03. The molecule has 2 heteroatoms. The molecule has 2 nitrogen and oxygen atoms in total. The molecule has 1 aromatic rings. The topological polar surface area (TPSA) is 16.1 Å². The molecule has 0 aliphatic rings. The maximum atomic E-state index is 4.29. The third-order valence-corrected chi connectivity index (χ3v) is 1.87. The first-order valence-corrected chi connectivity index (χ1v) is 5.24. The van der Waals surface area contributed by atoms with Crippen LogP contribution in [0.5, 0.6) is 0 Å². The minimum absolute atomic E-state index is 0.505. The summed E-state index contributed by atoms with van der Waals surface area (Å²) in [5.74, 6) is 0.505. The zero-order chi connectivity index (χ0) is 11.1. The normalized spacial score (nSPS) is 9.36. The SMILES string of the molecule is CC.CC(C)c1cc(N(C)C)ccn1. The smallest absolute Gasteiger partial charge is 0.0449 e. The molecule has 0 aliphatic carbocycles. The standard InChI is InChI=1S/C10H16N2.C2H6/c1-8(2)10-7-9(12(3)4)5-6-11-10;1-2/h5-8H,1-4H3;1-2H3. The quantitative estimate of drug-likeness (QED) is 0.718. The predicted octanol–water partition coefficient (Wildman–Crippen LogP) is 3.30. The average Bonchev–Trinajstić information content (AvgIpc) is 2.21. The van der Waals surface area contributed by atoms with Gasteiger partial charge in [0.25, 0.3) is 0 Å². The Kier molecular flexibility index (Phi) is 5.93. The van der Waals surface area contributed by atoms with E-state index in [0.29, 0.717) is 5.92 Å². The lowest BCUT2D eigenvalue weighted by Gasteiger charge is -2.13. The van der Waals surface area contributed by atoms with Crippen LogP contribution in [0.1, 0.15) is 39.3 Å². The molecular formula is C12H22N2. The summed E-state index contributed by atoms with van der Waals surface area (Å²) in [4.78, 5) is 6.39. The highest BCUT2D eigenvalue weighted by atomic mass is 15.1. The van der Waals surface area contributed by atoms with E-state index in [9.17, 15) is 0 Å². The highest BCUT2D eigenvalue weighted by Crippen LogP contribution is 2.17. The van der Waals surface area contributed by atoms with Gasteiger partial charge < -0.3 is 4.90 Å². The van der Waals surface area contributed by atoms with E-state index in [1.165, 1.54) is 5.69 Å². The molecule has 0 spiro atoms. The molecule has 1 rings (SSSR count). The van der Waals surface area contributed by atoms with Crippen molar-refractivity contribution in [3.63, 3.8) is 0 Å². The summed E-state index contributed by atoms with van der Waals surface area (Å²) >= 11 is 0. The van der Waals surface area contributed by atoms with Crippen molar-refractivity contribution in [2.45, 2.75) is 33.6 Å². The van der Waals surface area contributed by atoms with Gasteiger partial charge in [0, 0.05) is 31.7 Å². The highest BCUT2D eigenvalue weighted by Gasteiger charge is 2.01. The molecule has 0 N–H and O–H groups in total. The van der Waals surface area contributed by atoms with Crippen molar-refractivity contribution in [2.75, 3.05) is 19.0 Å². The zero-order valence-electron chi connectivity index (χ0n) is 10.2. The summed E-state index contributed by atoms with van der Waals surface area (Å²) in [5.41, 5.74) is 2.37. The summed E-state index contributed by atoms with van der Waals surface area (Å²) in [5, 5.41) is 0. The monoisotopic (exact) mass is 194 g/mol.